The van der Waals surface area contributed by atoms with Crippen molar-refractivity contribution in [1.29, 1.82) is 0 Å². The molecular formula is C18H12F4N4O. The first-order valence-corrected chi connectivity index (χ1v) is 7.65. The highest BCUT2D eigenvalue weighted by molar-refractivity contribution is 6.03. The number of halogens is 4. The molecule has 27 heavy (non-hydrogen) atoms. The molecule has 5 nitrogen and oxygen atoms in total. The van der Waals surface area contributed by atoms with E-state index >= 15 is 0 Å². The van der Waals surface area contributed by atoms with Gasteiger partial charge in [0.1, 0.15) is 5.82 Å². The Kier molecular flexibility index (Phi) is 5.02. The number of aromatic nitrogens is 2. The van der Waals surface area contributed by atoms with Crippen LogP contribution in [0.3, 0.4) is 0 Å². The first-order chi connectivity index (χ1) is 12.8. The number of hydrogen-bond acceptors (Lipinski definition) is 4. The summed E-state index contributed by atoms with van der Waals surface area (Å²) in [6, 6.07) is 10.0. The number of nitrogens with one attached hydrogen (secondary N) is 2. The number of nitrogens with zero attached hydrogens (tertiary/aromatic N) is 2. The minimum atomic E-state index is -4.41. The second-order valence-corrected chi connectivity index (χ2v) is 5.43. The Bertz CT molecular complexity index is 941. The van der Waals surface area contributed by atoms with Gasteiger partial charge in [-0.05, 0) is 36.4 Å². The van der Waals surface area contributed by atoms with E-state index in [1.807, 2.05) is 0 Å². The molecule has 1 amide bonds. The van der Waals surface area contributed by atoms with Gasteiger partial charge >= 0.3 is 6.18 Å². The van der Waals surface area contributed by atoms with E-state index in [1.165, 1.54) is 42.7 Å². The van der Waals surface area contributed by atoms with Gasteiger partial charge in [-0.25, -0.2) is 14.4 Å². The van der Waals surface area contributed by atoms with E-state index < -0.39 is 23.5 Å². The Hall–Kier alpha value is -3.49. The zero-order chi connectivity index (χ0) is 19.4. The van der Waals surface area contributed by atoms with Crippen LogP contribution < -0.4 is 10.6 Å². The number of para-hydroxylation sites is 1. The molecule has 1 heterocycles. The minimum Gasteiger partial charge on any atom is -0.324 e. The molecule has 2 aromatic carbocycles. The second kappa shape index (κ2) is 7.40. The average molecular weight is 376 g/mol. The number of alkyl halides is 3. The van der Waals surface area contributed by atoms with E-state index in [4.69, 9.17) is 0 Å². The molecule has 0 atom stereocenters. The highest BCUT2D eigenvalue weighted by Crippen LogP contribution is 2.30. The van der Waals surface area contributed by atoms with Crippen molar-refractivity contribution in [1.82, 2.24) is 9.97 Å². The summed E-state index contributed by atoms with van der Waals surface area (Å²) in [4.78, 5) is 19.9. The lowest BCUT2D eigenvalue weighted by Gasteiger charge is -2.09. The van der Waals surface area contributed by atoms with Gasteiger partial charge in [0.15, 0.2) is 0 Å². The minimum absolute atomic E-state index is 0.0226. The first kappa shape index (κ1) is 18.3. The monoisotopic (exact) mass is 376 g/mol. The zero-order valence-electron chi connectivity index (χ0n) is 13.6. The molecule has 0 spiro atoms. The summed E-state index contributed by atoms with van der Waals surface area (Å²) in [6.07, 6.45) is -1.98. The molecule has 3 aromatic rings. The van der Waals surface area contributed by atoms with Crippen LogP contribution in [0.5, 0.6) is 0 Å². The molecule has 0 aliphatic rings. The Morgan fingerprint density at radius 1 is 0.926 bits per heavy atom. The highest BCUT2D eigenvalue weighted by atomic mass is 19.4. The van der Waals surface area contributed by atoms with Crippen molar-refractivity contribution >= 4 is 23.2 Å². The maximum absolute atomic E-state index is 13.5. The van der Waals surface area contributed by atoms with Crippen molar-refractivity contribution in [3.05, 3.63) is 77.9 Å². The largest absolute Gasteiger partial charge is 0.416 e. The van der Waals surface area contributed by atoms with Crippen molar-refractivity contribution in [2.24, 2.45) is 0 Å². The third kappa shape index (κ3) is 4.57. The molecule has 3 rings (SSSR count). The SMILES string of the molecule is O=C(Nc1ccccc1F)c1cnc(Nc2ccc(C(F)(F)F)cc2)nc1. The summed E-state index contributed by atoms with van der Waals surface area (Å²) < 4.78 is 51.2. The van der Waals surface area contributed by atoms with E-state index in [0.717, 1.165) is 12.1 Å². The van der Waals surface area contributed by atoms with Crippen LogP contribution in [-0.4, -0.2) is 15.9 Å². The molecule has 9 heteroatoms. The maximum Gasteiger partial charge on any atom is 0.416 e. The summed E-state index contributed by atoms with van der Waals surface area (Å²) in [5.41, 5.74) is -0.300. The van der Waals surface area contributed by atoms with E-state index in [2.05, 4.69) is 20.6 Å². The summed E-state index contributed by atoms with van der Waals surface area (Å²) in [7, 11) is 0. The molecule has 0 aliphatic heterocycles. The predicted molar refractivity (Wildman–Crippen MR) is 91.1 cm³/mol. The van der Waals surface area contributed by atoms with Crippen molar-refractivity contribution in [3.8, 4) is 0 Å². The van der Waals surface area contributed by atoms with Crippen LogP contribution in [0.2, 0.25) is 0 Å². The second-order valence-electron chi connectivity index (χ2n) is 5.43. The van der Waals surface area contributed by atoms with Crippen LogP contribution in [-0.2, 0) is 6.18 Å². The Morgan fingerprint density at radius 2 is 1.56 bits per heavy atom. The fourth-order valence-electron chi connectivity index (χ4n) is 2.14. The average Bonchev–Trinajstić information content (AvgIpc) is 2.64. The van der Waals surface area contributed by atoms with Crippen molar-refractivity contribution in [2.75, 3.05) is 10.6 Å². The topological polar surface area (TPSA) is 66.9 Å². The molecule has 0 saturated heterocycles. The van der Waals surface area contributed by atoms with Crippen LogP contribution in [0.4, 0.5) is 34.9 Å². The van der Waals surface area contributed by atoms with Gasteiger partial charge in [-0.1, -0.05) is 12.1 Å². The number of carbonyl (C=O) groups excluding carboxylic acids is 1. The lowest BCUT2D eigenvalue weighted by Crippen LogP contribution is -2.14. The van der Waals surface area contributed by atoms with Crippen molar-refractivity contribution in [3.63, 3.8) is 0 Å². The van der Waals surface area contributed by atoms with Crippen LogP contribution in [0, 0.1) is 5.82 Å². The van der Waals surface area contributed by atoms with E-state index in [1.54, 1.807) is 6.07 Å². The Labute approximate surface area is 151 Å². The van der Waals surface area contributed by atoms with Gasteiger partial charge in [-0.2, -0.15) is 13.2 Å². The molecule has 1 aromatic heterocycles. The van der Waals surface area contributed by atoms with Gasteiger partial charge in [-0.3, -0.25) is 4.79 Å². The van der Waals surface area contributed by atoms with Gasteiger partial charge in [0.2, 0.25) is 5.95 Å². The fraction of sp³-hybridized carbons (Fsp3) is 0.0556. The Balaban J connectivity index is 1.66. The van der Waals surface area contributed by atoms with Crippen LogP contribution in [0.1, 0.15) is 15.9 Å². The molecule has 0 radical (unpaired) electrons. The van der Waals surface area contributed by atoms with Crippen LogP contribution in [0.15, 0.2) is 60.9 Å². The molecule has 0 saturated carbocycles. The van der Waals surface area contributed by atoms with Crippen LogP contribution >= 0.6 is 0 Å². The number of rotatable bonds is 4. The number of amides is 1. The summed E-state index contributed by atoms with van der Waals surface area (Å²) in [6.45, 7) is 0. The molecule has 0 aliphatic carbocycles. The normalized spacial score (nSPS) is 11.1. The standard InChI is InChI=1S/C18H12F4N4O/c19-14-3-1-2-4-15(14)26-16(27)11-9-23-17(24-10-11)25-13-7-5-12(6-8-13)18(20,21)22/h1-10H,(H,26,27)(H,23,24,25). The summed E-state index contributed by atoms with van der Waals surface area (Å²) >= 11 is 0. The van der Waals surface area contributed by atoms with Crippen molar-refractivity contribution in [2.45, 2.75) is 6.18 Å². The highest BCUT2D eigenvalue weighted by Gasteiger charge is 2.29. The molecule has 0 unspecified atom stereocenters. The van der Waals surface area contributed by atoms with Crippen LogP contribution in [0.25, 0.3) is 0 Å². The van der Waals surface area contributed by atoms with Gasteiger partial charge in [0.25, 0.3) is 5.91 Å². The fourth-order valence-corrected chi connectivity index (χ4v) is 2.14. The third-order valence-corrected chi connectivity index (χ3v) is 3.50. The van der Waals surface area contributed by atoms with Gasteiger partial charge in [-0.15, -0.1) is 0 Å². The number of carbonyl (C=O) groups is 1. The van der Waals surface area contributed by atoms with E-state index in [9.17, 15) is 22.4 Å². The van der Waals surface area contributed by atoms with Gasteiger partial charge < -0.3 is 10.6 Å². The number of benzene rings is 2. The molecular weight excluding hydrogens is 364 g/mol. The van der Waals surface area contributed by atoms with Crippen molar-refractivity contribution < 1.29 is 22.4 Å². The quantitative estimate of drug-likeness (QED) is 0.652. The zero-order valence-corrected chi connectivity index (χ0v) is 13.6. The van der Waals surface area contributed by atoms with Gasteiger partial charge in [0.05, 0.1) is 16.8 Å². The lowest BCUT2D eigenvalue weighted by molar-refractivity contribution is -0.137. The lowest BCUT2D eigenvalue weighted by atomic mass is 10.2. The van der Waals surface area contributed by atoms with E-state index in [0.29, 0.717) is 5.69 Å². The predicted octanol–water partition coefficient (Wildman–Crippen LogP) is 4.63. The smallest absolute Gasteiger partial charge is 0.324 e. The summed E-state index contributed by atoms with van der Waals surface area (Å²) in [5.74, 6) is -1.08. The maximum atomic E-state index is 13.5. The molecule has 0 bridgehead atoms. The number of anilines is 3. The molecule has 0 fully saturated rings. The van der Waals surface area contributed by atoms with E-state index in [-0.39, 0.29) is 17.2 Å². The Morgan fingerprint density at radius 3 is 2.15 bits per heavy atom. The summed E-state index contributed by atoms with van der Waals surface area (Å²) in [5, 5.41) is 5.12. The molecule has 2 N–H and O–H groups in total. The third-order valence-electron chi connectivity index (χ3n) is 3.50. The first-order valence-electron chi connectivity index (χ1n) is 7.65. The van der Waals surface area contributed by atoms with Gasteiger partial charge in [0, 0.05) is 18.1 Å². The number of hydrogen-bond donors (Lipinski definition) is 2. The molecule has 138 valence electrons.